The number of nitrogens with zero attached hydrogens (tertiary/aromatic N) is 1. The number of rotatable bonds is 7. The van der Waals surface area contributed by atoms with E-state index in [9.17, 15) is 4.79 Å². The zero-order chi connectivity index (χ0) is 17.5. The van der Waals surface area contributed by atoms with E-state index in [1.807, 2.05) is 55.5 Å². The summed E-state index contributed by atoms with van der Waals surface area (Å²) >= 11 is 3.53. The van der Waals surface area contributed by atoms with Crippen molar-refractivity contribution in [2.75, 3.05) is 13.1 Å². The van der Waals surface area contributed by atoms with Crippen LogP contribution in [0.4, 0.5) is 0 Å². The highest BCUT2D eigenvalue weighted by Crippen LogP contribution is 2.23. The van der Waals surface area contributed by atoms with E-state index < -0.39 is 0 Å². The van der Waals surface area contributed by atoms with Crippen LogP contribution in [0.25, 0.3) is 0 Å². The molecule has 2 aromatic carbocycles. The van der Waals surface area contributed by atoms with Crippen LogP contribution in [0.5, 0.6) is 0 Å². The van der Waals surface area contributed by atoms with Gasteiger partial charge in [0.05, 0.1) is 6.04 Å². The first kappa shape index (κ1) is 18.7. The Morgan fingerprint density at radius 1 is 1.08 bits per heavy atom. The smallest absolute Gasteiger partial charge is 0.251 e. The van der Waals surface area contributed by atoms with Gasteiger partial charge in [0.25, 0.3) is 5.91 Å². The molecule has 0 aliphatic carbocycles. The average Bonchev–Trinajstić information content (AvgIpc) is 2.60. The number of benzene rings is 2. The lowest BCUT2D eigenvalue weighted by molar-refractivity contribution is 0.0939. The normalized spacial score (nSPS) is 12.2. The number of hydrogen-bond donors (Lipinski definition) is 1. The fourth-order valence-electron chi connectivity index (χ4n) is 2.65. The molecule has 0 radical (unpaired) electrons. The van der Waals surface area contributed by atoms with Crippen LogP contribution in [0.3, 0.4) is 0 Å². The van der Waals surface area contributed by atoms with Crippen LogP contribution in [0.1, 0.15) is 48.3 Å². The topological polar surface area (TPSA) is 32.3 Å². The Bertz CT molecular complexity index is 666. The van der Waals surface area contributed by atoms with Gasteiger partial charge in [-0.1, -0.05) is 60.1 Å². The van der Waals surface area contributed by atoms with Crippen molar-refractivity contribution in [1.82, 2.24) is 10.2 Å². The third kappa shape index (κ3) is 4.92. The van der Waals surface area contributed by atoms with Crippen LogP contribution in [-0.4, -0.2) is 23.9 Å². The SMILES string of the molecule is CCN(CC)Cc1ccc(C(=O)N[C@@H](C)c2ccccc2Br)cc1. The van der Waals surface area contributed by atoms with Gasteiger partial charge in [0.1, 0.15) is 0 Å². The molecule has 0 saturated carbocycles. The highest BCUT2D eigenvalue weighted by Gasteiger charge is 2.13. The Hall–Kier alpha value is -1.65. The molecular weight excluding hydrogens is 364 g/mol. The van der Waals surface area contributed by atoms with Gasteiger partial charge in [-0.3, -0.25) is 9.69 Å². The monoisotopic (exact) mass is 388 g/mol. The van der Waals surface area contributed by atoms with Gasteiger partial charge in [-0.2, -0.15) is 0 Å². The van der Waals surface area contributed by atoms with Gasteiger partial charge in [-0.15, -0.1) is 0 Å². The zero-order valence-corrected chi connectivity index (χ0v) is 16.1. The van der Waals surface area contributed by atoms with Crippen LogP contribution in [0.2, 0.25) is 0 Å². The minimum atomic E-state index is -0.0524. The van der Waals surface area contributed by atoms with Crippen LogP contribution in [0.15, 0.2) is 53.0 Å². The first-order valence-electron chi connectivity index (χ1n) is 8.41. The van der Waals surface area contributed by atoms with Crippen molar-refractivity contribution in [3.8, 4) is 0 Å². The van der Waals surface area contributed by atoms with Gasteiger partial charge in [0.2, 0.25) is 0 Å². The minimum absolute atomic E-state index is 0.0485. The third-order valence-corrected chi connectivity index (χ3v) is 4.96. The first-order valence-corrected chi connectivity index (χ1v) is 9.21. The summed E-state index contributed by atoms with van der Waals surface area (Å²) < 4.78 is 1.01. The molecule has 0 heterocycles. The van der Waals surface area contributed by atoms with Crippen molar-refractivity contribution in [2.24, 2.45) is 0 Å². The van der Waals surface area contributed by atoms with Crippen molar-refractivity contribution in [3.05, 3.63) is 69.7 Å². The van der Waals surface area contributed by atoms with Crippen molar-refractivity contribution in [2.45, 2.75) is 33.4 Å². The van der Waals surface area contributed by atoms with E-state index in [-0.39, 0.29) is 11.9 Å². The molecule has 2 rings (SSSR count). The van der Waals surface area contributed by atoms with Gasteiger partial charge in [-0.25, -0.2) is 0 Å². The number of amides is 1. The molecule has 3 nitrogen and oxygen atoms in total. The predicted octanol–water partition coefficient (Wildman–Crippen LogP) is 4.78. The second-order valence-electron chi connectivity index (χ2n) is 5.87. The molecule has 24 heavy (non-hydrogen) atoms. The van der Waals surface area contributed by atoms with Crippen LogP contribution < -0.4 is 5.32 Å². The number of nitrogens with one attached hydrogen (secondary N) is 1. The Morgan fingerprint density at radius 3 is 2.29 bits per heavy atom. The van der Waals surface area contributed by atoms with E-state index in [0.717, 1.165) is 29.7 Å². The molecule has 0 bridgehead atoms. The number of carbonyl (C=O) groups is 1. The summed E-state index contributed by atoms with van der Waals surface area (Å²) in [6.07, 6.45) is 0. The molecule has 0 unspecified atom stereocenters. The Morgan fingerprint density at radius 2 is 1.71 bits per heavy atom. The second-order valence-corrected chi connectivity index (χ2v) is 6.73. The summed E-state index contributed by atoms with van der Waals surface area (Å²) in [5, 5.41) is 3.06. The van der Waals surface area contributed by atoms with E-state index in [2.05, 4.69) is 40.0 Å². The van der Waals surface area contributed by atoms with Gasteiger partial charge >= 0.3 is 0 Å². The van der Waals surface area contributed by atoms with E-state index in [4.69, 9.17) is 0 Å². The number of carbonyl (C=O) groups excluding carboxylic acids is 1. The molecule has 0 spiro atoms. The lowest BCUT2D eigenvalue weighted by atomic mass is 10.1. The highest BCUT2D eigenvalue weighted by atomic mass is 79.9. The van der Waals surface area contributed by atoms with Gasteiger partial charge in [0.15, 0.2) is 0 Å². The van der Waals surface area contributed by atoms with Crippen LogP contribution in [-0.2, 0) is 6.54 Å². The average molecular weight is 389 g/mol. The van der Waals surface area contributed by atoms with Gasteiger partial charge in [0, 0.05) is 16.6 Å². The Balaban J connectivity index is 2.01. The fraction of sp³-hybridized carbons (Fsp3) is 0.350. The van der Waals surface area contributed by atoms with Crippen LogP contribution >= 0.6 is 15.9 Å². The first-order chi connectivity index (χ1) is 11.5. The molecule has 0 saturated heterocycles. The molecule has 128 valence electrons. The summed E-state index contributed by atoms with van der Waals surface area (Å²) in [5.74, 6) is -0.0485. The molecule has 1 N–H and O–H groups in total. The van der Waals surface area contributed by atoms with Crippen molar-refractivity contribution >= 4 is 21.8 Å². The third-order valence-electron chi connectivity index (χ3n) is 4.24. The van der Waals surface area contributed by atoms with Crippen molar-refractivity contribution in [3.63, 3.8) is 0 Å². The maximum atomic E-state index is 12.4. The van der Waals surface area contributed by atoms with E-state index >= 15 is 0 Å². The quantitative estimate of drug-likeness (QED) is 0.739. The Kier molecular flexibility index (Phi) is 7.00. The summed E-state index contributed by atoms with van der Waals surface area (Å²) in [6.45, 7) is 9.29. The summed E-state index contributed by atoms with van der Waals surface area (Å²) in [7, 11) is 0. The number of halogens is 1. The van der Waals surface area contributed by atoms with E-state index in [1.54, 1.807) is 0 Å². The summed E-state index contributed by atoms with van der Waals surface area (Å²) in [5.41, 5.74) is 3.00. The molecule has 4 heteroatoms. The summed E-state index contributed by atoms with van der Waals surface area (Å²) in [6, 6.07) is 15.8. The van der Waals surface area contributed by atoms with E-state index in [0.29, 0.717) is 5.56 Å². The molecule has 0 fully saturated rings. The molecule has 1 amide bonds. The fourth-order valence-corrected chi connectivity index (χ4v) is 3.28. The molecule has 0 aliphatic heterocycles. The van der Waals surface area contributed by atoms with Crippen molar-refractivity contribution < 1.29 is 4.79 Å². The lowest BCUT2D eigenvalue weighted by Crippen LogP contribution is -2.27. The molecular formula is C20H25BrN2O. The van der Waals surface area contributed by atoms with Gasteiger partial charge < -0.3 is 5.32 Å². The summed E-state index contributed by atoms with van der Waals surface area (Å²) in [4.78, 5) is 14.8. The number of hydrogen-bond acceptors (Lipinski definition) is 2. The van der Waals surface area contributed by atoms with E-state index in [1.165, 1.54) is 5.56 Å². The maximum absolute atomic E-state index is 12.4. The Labute approximate surface area is 153 Å². The minimum Gasteiger partial charge on any atom is -0.345 e. The second kappa shape index (κ2) is 9.00. The molecule has 0 aromatic heterocycles. The lowest BCUT2D eigenvalue weighted by Gasteiger charge is -2.18. The zero-order valence-electron chi connectivity index (χ0n) is 14.6. The largest absolute Gasteiger partial charge is 0.345 e. The standard InChI is InChI=1S/C20H25BrN2O/c1-4-23(5-2)14-16-10-12-17(13-11-16)20(24)22-15(3)18-8-6-7-9-19(18)21/h6-13,15H,4-5,14H2,1-3H3,(H,22,24)/t15-/m0/s1. The maximum Gasteiger partial charge on any atom is 0.251 e. The van der Waals surface area contributed by atoms with Crippen LogP contribution in [0, 0.1) is 0 Å². The molecule has 1 atom stereocenters. The predicted molar refractivity (Wildman–Crippen MR) is 103 cm³/mol. The van der Waals surface area contributed by atoms with Crippen molar-refractivity contribution in [1.29, 1.82) is 0 Å². The molecule has 0 aliphatic rings. The van der Waals surface area contributed by atoms with Gasteiger partial charge in [-0.05, 0) is 49.3 Å². The highest BCUT2D eigenvalue weighted by molar-refractivity contribution is 9.10. The molecule has 2 aromatic rings.